The van der Waals surface area contributed by atoms with Gasteiger partial charge in [0.2, 0.25) is 5.95 Å². The number of nitrogens with zero attached hydrogens (tertiary/aromatic N) is 3. The second-order valence-corrected chi connectivity index (χ2v) is 5.17. The van der Waals surface area contributed by atoms with Crippen LogP contribution in [-0.2, 0) is 6.18 Å². The highest BCUT2D eigenvalue weighted by Crippen LogP contribution is 2.33. The standard InChI is InChI=1S/C11H13ClF3N3/c1-18(6-7-4-8(12)5-7)10-16-3-2-9(17-10)11(13,14)15/h2-3,7-8H,4-6H2,1H3. The molecule has 2 rings (SSSR count). The van der Waals surface area contributed by atoms with Crippen LogP contribution in [0.1, 0.15) is 18.5 Å². The van der Waals surface area contributed by atoms with Crippen molar-refractivity contribution in [3.8, 4) is 0 Å². The molecule has 0 bridgehead atoms. The van der Waals surface area contributed by atoms with E-state index >= 15 is 0 Å². The fourth-order valence-electron chi connectivity index (χ4n) is 1.96. The van der Waals surface area contributed by atoms with Crippen molar-refractivity contribution in [1.29, 1.82) is 0 Å². The van der Waals surface area contributed by atoms with Gasteiger partial charge in [-0.05, 0) is 24.8 Å². The third kappa shape index (κ3) is 3.04. The highest BCUT2D eigenvalue weighted by molar-refractivity contribution is 6.21. The summed E-state index contributed by atoms with van der Waals surface area (Å²) in [7, 11) is 1.69. The molecule has 100 valence electrons. The van der Waals surface area contributed by atoms with Crippen molar-refractivity contribution in [2.45, 2.75) is 24.4 Å². The fourth-order valence-corrected chi connectivity index (χ4v) is 2.47. The smallest absolute Gasteiger partial charge is 0.344 e. The molecule has 0 spiro atoms. The maximum Gasteiger partial charge on any atom is 0.433 e. The third-order valence-corrected chi connectivity index (χ3v) is 3.34. The van der Waals surface area contributed by atoms with Crippen LogP contribution >= 0.6 is 11.6 Å². The van der Waals surface area contributed by atoms with Crippen LogP contribution in [-0.4, -0.2) is 28.9 Å². The summed E-state index contributed by atoms with van der Waals surface area (Å²) in [5.74, 6) is 0.512. The topological polar surface area (TPSA) is 29.0 Å². The summed E-state index contributed by atoms with van der Waals surface area (Å²) in [6.07, 6.45) is -1.52. The monoisotopic (exact) mass is 279 g/mol. The van der Waals surface area contributed by atoms with Crippen LogP contribution in [0.15, 0.2) is 12.3 Å². The van der Waals surface area contributed by atoms with E-state index in [1.165, 1.54) is 0 Å². The first kappa shape index (κ1) is 13.4. The van der Waals surface area contributed by atoms with Gasteiger partial charge in [0.05, 0.1) is 0 Å². The first-order valence-electron chi connectivity index (χ1n) is 5.61. The highest BCUT2D eigenvalue weighted by atomic mass is 35.5. The lowest BCUT2D eigenvalue weighted by molar-refractivity contribution is -0.141. The Morgan fingerprint density at radius 3 is 2.67 bits per heavy atom. The summed E-state index contributed by atoms with van der Waals surface area (Å²) < 4.78 is 37.5. The van der Waals surface area contributed by atoms with E-state index in [1.807, 2.05) is 0 Å². The van der Waals surface area contributed by atoms with Gasteiger partial charge in [-0.25, -0.2) is 9.97 Å². The van der Waals surface area contributed by atoms with E-state index in [2.05, 4.69) is 9.97 Å². The Hall–Kier alpha value is -1.04. The number of aromatic nitrogens is 2. The molecule has 1 fully saturated rings. The molecule has 1 aromatic rings. The lowest BCUT2D eigenvalue weighted by atomic mass is 9.84. The molecule has 0 aliphatic heterocycles. The summed E-state index contributed by atoms with van der Waals surface area (Å²) in [5, 5.41) is 0.200. The van der Waals surface area contributed by atoms with Gasteiger partial charge >= 0.3 is 6.18 Å². The lowest BCUT2D eigenvalue weighted by Crippen LogP contribution is -2.35. The molecule has 18 heavy (non-hydrogen) atoms. The zero-order valence-corrected chi connectivity index (χ0v) is 10.5. The normalized spacial score (nSPS) is 23.6. The average molecular weight is 280 g/mol. The van der Waals surface area contributed by atoms with Crippen LogP contribution in [0.5, 0.6) is 0 Å². The van der Waals surface area contributed by atoms with Gasteiger partial charge in [0.25, 0.3) is 0 Å². The zero-order valence-electron chi connectivity index (χ0n) is 9.78. The third-order valence-electron chi connectivity index (χ3n) is 2.98. The Kier molecular flexibility index (Phi) is 3.66. The lowest BCUT2D eigenvalue weighted by Gasteiger charge is -2.34. The van der Waals surface area contributed by atoms with Crippen LogP contribution < -0.4 is 4.90 Å². The predicted molar refractivity (Wildman–Crippen MR) is 62.7 cm³/mol. The Bertz CT molecular complexity index is 418. The first-order valence-corrected chi connectivity index (χ1v) is 6.05. The van der Waals surface area contributed by atoms with Crippen LogP contribution in [0.25, 0.3) is 0 Å². The first-order chi connectivity index (χ1) is 8.36. The van der Waals surface area contributed by atoms with Gasteiger partial charge in [0.1, 0.15) is 5.69 Å². The van der Waals surface area contributed by atoms with Crippen molar-refractivity contribution < 1.29 is 13.2 Å². The van der Waals surface area contributed by atoms with Crippen molar-refractivity contribution >= 4 is 17.5 Å². The van der Waals surface area contributed by atoms with Crippen molar-refractivity contribution in [2.75, 3.05) is 18.5 Å². The second kappa shape index (κ2) is 4.91. The number of hydrogen-bond acceptors (Lipinski definition) is 3. The maximum absolute atomic E-state index is 12.5. The second-order valence-electron chi connectivity index (χ2n) is 4.55. The summed E-state index contributed by atoms with van der Waals surface area (Å²) >= 11 is 5.86. The van der Waals surface area contributed by atoms with Gasteiger partial charge in [-0.1, -0.05) is 0 Å². The molecule has 0 aromatic carbocycles. The molecule has 1 aliphatic carbocycles. The highest BCUT2D eigenvalue weighted by Gasteiger charge is 2.33. The molecule has 3 nitrogen and oxygen atoms in total. The minimum atomic E-state index is -4.43. The largest absolute Gasteiger partial charge is 0.433 e. The van der Waals surface area contributed by atoms with Gasteiger partial charge in [-0.3, -0.25) is 0 Å². The molecule has 0 saturated heterocycles. The molecule has 1 saturated carbocycles. The molecule has 0 unspecified atom stereocenters. The van der Waals surface area contributed by atoms with Crippen LogP contribution in [0, 0.1) is 5.92 Å². The van der Waals surface area contributed by atoms with Crippen molar-refractivity contribution in [3.05, 3.63) is 18.0 Å². The number of rotatable bonds is 3. The fraction of sp³-hybridized carbons (Fsp3) is 0.636. The molecule has 1 aliphatic rings. The molecule has 0 radical (unpaired) electrons. The maximum atomic E-state index is 12.5. The van der Waals surface area contributed by atoms with E-state index in [4.69, 9.17) is 11.6 Å². The predicted octanol–water partition coefficient (Wildman–Crippen LogP) is 2.95. The number of halogens is 4. The van der Waals surface area contributed by atoms with Gasteiger partial charge < -0.3 is 4.90 Å². The number of anilines is 1. The van der Waals surface area contributed by atoms with Crippen LogP contribution in [0.3, 0.4) is 0 Å². The number of alkyl halides is 4. The minimum Gasteiger partial charge on any atom is -0.344 e. The zero-order chi connectivity index (χ0) is 13.3. The Labute approximate surface area is 108 Å². The minimum absolute atomic E-state index is 0.0999. The van der Waals surface area contributed by atoms with E-state index in [0.29, 0.717) is 12.5 Å². The van der Waals surface area contributed by atoms with E-state index in [1.54, 1.807) is 11.9 Å². The molecule has 7 heteroatoms. The summed E-state index contributed by atoms with van der Waals surface area (Å²) in [4.78, 5) is 9.04. The van der Waals surface area contributed by atoms with Gasteiger partial charge in [0, 0.05) is 25.2 Å². The Balaban J connectivity index is 2.03. The molecule has 1 heterocycles. The van der Waals surface area contributed by atoms with Gasteiger partial charge in [-0.2, -0.15) is 13.2 Å². The quantitative estimate of drug-likeness (QED) is 0.797. The van der Waals surface area contributed by atoms with E-state index in [9.17, 15) is 13.2 Å². The van der Waals surface area contributed by atoms with Crippen molar-refractivity contribution in [3.63, 3.8) is 0 Å². The Morgan fingerprint density at radius 2 is 2.11 bits per heavy atom. The van der Waals surface area contributed by atoms with Crippen molar-refractivity contribution in [1.82, 2.24) is 9.97 Å². The Morgan fingerprint density at radius 1 is 1.44 bits per heavy atom. The van der Waals surface area contributed by atoms with E-state index < -0.39 is 11.9 Å². The summed E-state index contributed by atoms with van der Waals surface area (Å²) in [6, 6.07) is 0.871. The molecule has 0 amide bonds. The summed E-state index contributed by atoms with van der Waals surface area (Å²) in [5.41, 5.74) is -0.914. The summed E-state index contributed by atoms with van der Waals surface area (Å²) in [6.45, 7) is 0.629. The molecule has 0 N–H and O–H groups in total. The van der Waals surface area contributed by atoms with Crippen molar-refractivity contribution in [2.24, 2.45) is 5.92 Å². The molecule has 0 atom stereocenters. The van der Waals surface area contributed by atoms with E-state index in [0.717, 1.165) is 25.1 Å². The molecular weight excluding hydrogens is 267 g/mol. The SMILES string of the molecule is CN(CC1CC(Cl)C1)c1nccc(C(F)(F)F)n1. The number of hydrogen-bond donors (Lipinski definition) is 0. The molecular formula is C11H13ClF3N3. The van der Waals surface area contributed by atoms with Gasteiger partial charge in [0.15, 0.2) is 0 Å². The average Bonchev–Trinajstić information content (AvgIpc) is 2.26. The van der Waals surface area contributed by atoms with Gasteiger partial charge in [-0.15, -0.1) is 11.6 Å². The van der Waals surface area contributed by atoms with Crippen LogP contribution in [0.4, 0.5) is 19.1 Å². The van der Waals surface area contributed by atoms with E-state index in [-0.39, 0.29) is 11.3 Å². The van der Waals surface area contributed by atoms with Crippen LogP contribution in [0.2, 0.25) is 0 Å². The molecule has 1 aromatic heterocycles.